The fourth-order valence-electron chi connectivity index (χ4n) is 1.29. The molecule has 1 amide bonds. The smallest absolute Gasteiger partial charge is 0.251 e. The number of rotatable bonds is 4. The number of halogens is 1. The van der Waals surface area contributed by atoms with Gasteiger partial charge in [-0.1, -0.05) is 12.1 Å². The van der Waals surface area contributed by atoms with Gasteiger partial charge in [-0.3, -0.25) is 9.59 Å². The van der Waals surface area contributed by atoms with Gasteiger partial charge in [-0.05, 0) is 32.9 Å². The molecule has 0 fully saturated rings. The molecule has 0 aliphatic rings. The molecule has 5 heteroatoms. The number of Topliss-reactive ketones (excluding diaryl/α,β-unsaturated/α-hetero) is 1. The van der Waals surface area contributed by atoms with Crippen molar-refractivity contribution >= 4 is 24.1 Å². The molecule has 1 aromatic rings. The van der Waals surface area contributed by atoms with Crippen molar-refractivity contribution in [1.82, 2.24) is 5.32 Å². The monoisotopic (exact) mass is 270 g/mol. The number of benzene rings is 1. The maximum atomic E-state index is 11.8. The summed E-state index contributed by atoms with van der Waals surface area (Å²) >= 11 is 0. The molecule has 0 aromatic heterocycles. The molecule has 1 aromatic carbocycles. The summed E-state index contributed by atoms with van der Waals surface area (Å²) in [6.45, 7) is 5.57. The van der Waals surface area contributed by atoms with E-state index in [0.29, 0.717) is 17.7 Å². The minimum absolute atomic E-state index is 0. The zero-order valence-corrected chi connectivity index (χ0v) is 11.6. The molecule has 0 radical (unpaired) electrons. The van der Waals surface area contributed by atoms with Crippen LogP contribution in [0.1, 0.15) is 41.5 Å². The second-order valence-electron chi connectivity index (χ2n) is 4.68. The first-order valence-corrected chi connectivity index (χ1v) is 5.49. The first-order valence-electron chi connectivity index (χ1n) is 5.49. The number of ketones is 1. The summed E-state index contributed by atoms with van der Waals surface area (Å²) in [7, 11) is 0. The van der Waals surface area contributed by atoms with Crippen molar-refractivity contribution in [3.8, 4) is 0 Å². The topological polar surface area (TPSA) is 72.2 Å². The predicted octanol–water partition coefficient (Wildman–Crippen LogP) is 1.78. The molecule has 0 aliphatic heterocycles. The van der Waals surface area contributed by atoms with Crippen LogP contribution in [0.5, 0.6) is 0 Å². The molecule has 100 valence electrons. The zero-order valence-electron chi connectivity index (χ0n) is 10.8. The van der Waals surface area contributed by atoms with E-state index in [4.69, 9.17) is 5.73 Å². The molecule has 0 atom stereocenters. The number of amides is 1. The van der Waals surface area contributed by atoms with Crippen molar-refractivity contribution in [1.29, 1.82) is 0 Å². The van der Waals surface area contributed by atoms with Crippen molar-refractivity contribution in [3.63, 3.8) is 0 Å². The Bertz CT molecular complexity index is 427. The highest BCUT2D eigenvalue weighted by atomic mass is 35.5. The Balaban J connectivity index is 0.00000289. The molecule has 3 N–H and O–H groups in total. The number of hydrogen-bond donors (Lipinski definition) is 2. The lowest BCUT2D eigenvalue weighted by atomic mass is 10.0. The van der Waals surface area contributed by atoms with E-state index < -0.39 is 5.54 Å². The number of hydrogen-bond acceptors (Lipinski definition) is 3. The molecule has 0 heterocycles. The molecule has 0 spiro atoms. The van der Waals surface area contributed by atoms with Crippen LogP contribution >= 0.6 is 12.4 Å². The minimum Gasteiger partial charge on any atom is -0.346 e. The number of carbonyl (C=O) groups is 2. The van der Waals surface area contributed by atoms with E-state index in [-0.39, 0.29) is 24.1 Å². The third-order valence-corrected chi connectivity index (χ3v) is 2.52. The Labute approximate surface area is 113 Å². The minimum atomic E-state index is -0.434. The number of nitrogens with two attached hydrogens (primary N) is 1. The van der Waals surface area contributed by atoms with E-state index in [1.807, 2.05) is 13.8 Å². The lowest BCUT2D eigenvalue weighted by Gasteiger charge is -2.24. The standard InChI is InChI=1S/C13H18N2O2.ClH/c1-9(16)10-4-6-11(7-5-10)12(17)15-13(2,3)8-14;/h4-7H,8,14H2,1-3H3,(H,15,17);1H. The lowest BCUT2D eigenvalue weighted by molar-refractivity contribution is 0.0914. The Kier molecular flexibility index (Phi) is 6.01. The summed E-state index contributed by atoms with van der Waals surface area (Å²) < 4.78 is 0. The van der Waals surface area contributed by atoms with Crippen molar-refractivity contribution in [3.05, 3.63) is 35.4 Å². The first-order chi connectivity index (χ1) is 7.85. The van der Waals surface area contributed by atoms with Gasteiger partial charge in [0, 0.05) is 23.2 Å². The van der Waals surface area contributed by atoms with Crippen LogP contribution in [-0.4, -0.2) is 23.8 Å². The molecule has 0 aliphatic carbocycles. The van der Waals surface area contributed by atoms with Gasteiger partial charge < -0.3 is 11.1 Å². The van der Waals surface area contributed by atoms with Crippen molar-refractivity contribution < 1.29 is 9.59 Å². The van der Waals surface area contributed by atoms with E-state index in [0.717, 1.165) is 0 Å². The third-order valence-electron chi connectivity index (χ3n) is 2.52. The van der Waals surface area contributed by atoms with Crippen LogP contribution in [0.15, 0.2) is 24.3 Å². The second-order valence-corrected chi connectivity index (χ2v) is 4.68. The Morgan fingerprint density at radius 2 is 1.61 bits per heavy atom. The van der Waals surface area contributed by atoms with Gasteiger partial charge in [0.15, 0.2) is 5.78 Å². The van der Waals surface area contributed by atoms with Crippen LogP contribution in [0.2, 0.25) is 0 Å². The van der Waals surface area contributed by atoms with E-state index in [2.05, 4.69) is 5.32 Å². The third kappa shape index (κ3) is 4.47. The fraction of sp³-hybridized carbons (Fsp3) is 0.385. The van der Waals surface area contributed by atoms with Crippen LogP contribution in [-0.2, 0) is 0 Å². The molecule has 4 nitrogen and oxygen atoms in total. The van der Waals surface area contributed by atoms with E-state index in [9.17, 15) is 9.59 Å². The van der Waals surface area contributed by atoms with Crippen molar-refractivity contribution in [2.45, 2.75) is 26.3 Å². The largest absolute Gasteiger partial charge is 0.346 e. The SMILES string of the molecule is CC(=O)c1ccc(C(=O)NC(C)(C)CN)cc1.Cl. The van der Waals surface area contributed by atoms with Gasteiger partial charge >= 0.3 is 0 Å². The zero-order chi connectivity index (χ0) is 13.1. The molecular formula is C13H19ClN2O2. The van der Waals surface area contributed by atoms with Gasteiger partial charge in [-0.2, -0.15) is 0 Å². The molecule has 0 saturated heterocycles. The highest BCUT2D eigenvalue weighted by Gasteiger charge is 2.19. The quantitative estimate of drug-likeness (QED) is 0.819. The van der Waals surface area contributed by atoms with Crippen LogP contribution in [0.25, 0.3) is 0 Å². The highest BCUT2D eigenvalue weighted by Crippen LogP contribution is 2.07. The summed E-state index contributed by atoms with van der Waals surface area (Å²) in [5.41, 5.74) is 6.22. The molecule has 0 bridgehead atoms. The summed E-state index contributed by atoms with van der Waals surface area (Å²) in [5, 5.41) is 2.82. The Hall–Kier alpha value is -1.39. The Morgan fingerprint density at radius 3 is 2.00 bits per heavy atom. The first kappa shape index (κ1) is 16.6. The molecule has 18 heavy (non-hydrogen) atoms. The average Bonchev–Trinajstić information content (AvgIpc) is 2.28. The molecule has 0 unspecified atom stereocenters. The number of nitrogens with one attached hydrogen (secondary N) is 1. The van der Waals surface area contributed by atoms with Gasteiger partial charge in [0.1, 0.15) is 0 Å². The molecule has 1 rings (SSSR count). The average molecular weight is 271 g/mol. The van der Waals surface area contributed by atoms with Crippen molar-refractivity contribution in [2.75, 3.05) is 6.54 Å². The maximum Gasteiger partial charge on any atom is 0.251 e. The number of carbonyl (C=O) groups excluding carboxylic acids is 2. The predicted molar refractivity (Wildman–Crippen MR) is 74.3 cm³/mol. The van der Waals surface area contributed by atoms with Gasteiger partial charge in [-0.25, -0.2) is 0 Å². The molecular weight excluding hydrogens is 252 g/mol. The van der Waals surface area contributed by atoms with E-state index in [1.165, 1.54) is 6.92 Å². The summed E-state index contributed by atoms with van der Waals surface area (Å²) in [5.74, 6) is -0.199. The van der Waals surface area contributed by atoms with Gasteiger partial charge in [0.05, 0.1) is 0 Å². The van der Waals surface area contributed by atoms with Gasteiger partial charge in [0.25, 0.3) is 5.91 Å². The lowest BCUT2D eigenvalue weighted by Crippen LogP contribution is -2.48. The van der Waals surface area contributed by atoms with Crippen LogP contribution < -0.4 is 11.1 Å². The fourth-order valence-corrected chi connectivity index (χ4v) is 1.29. The summed E-state index contributed by atoms with van der Waals surface area (Å²) in [4.78, 5) is 22.9. The summed E-state index contributed by atoms with van der Waals surface area (Å²) in [6, 6.07) is 6.57. The van der Waals surface area contributed by atoms with Crippen LogP contribution in [0.3, 0.4) is 0 Å². The van der Waals surface area contributed by atoms with Gasteiger partial charge in [-0.15, -0.1) is 12.4 Å². The van der Waals surface area contributed by atoms with Crippen molar-refractivity contribution in [2.24, 2.45) is 5.73 Å². The van der Waals surface area contributed by atoms with E-state index >= 15 is 0 Å². The molecule has 0 saturated carbocycles. The van der Waals surface area contributed by atoms with E-state index in [1.54, 1.807) is 24.3 Å². The second kappa shape index (κ2) is 6.52. The normalized spacial score (nSPS) is 10.4. The highest BCUT2D eigenvalue weighted by molar-refractivity contribution is 5.97. The Morgan fingerprint density at radius 1 is 1.17 bits per heavy atom. The summed E-state index contributed by atoms with van der Waals surface area (Å²) in [6.07, 6.45) is 0. The van der Waals surface area contributed by atoms with Gasteiger partial charge in [0.2, 0.25) is 0 Å². The van der Waals surface area contributed by atoms with Crippen LogP contribution in [0, 0.1) is 0 Å². The van der Waals surface area contributed by atoms with Crippen LogP contribution in [0.4, 0.5) is 0 Å². The maximum absolute atomic E-state index is 11.8.